The molecule has 0 radical (unpaired) electrons. The minimum atomic E-state index is 0.630. The number of hydrogen-bond acceptors (Lipinski definition) is 5. The lowest BCUT2D eigenvalue weighted by Gasteiger charge is -2.18. The van der Waals surface area contributed by atoms with E-state index in [1.54, 1.807) is 0 Å². The van der Waals surface area contributed by atoms with Crippen molar-refractivity contribution in [2.24, 2.45) is 5.92 Å². The van der Waals surface area contributed by atoms with E-state index in [0.29, 0.717) is 11.2 Å². The monoisotopic (exact) mass is 302 g/mol. The van der Waals surface area contributed by atoms with Crippen molar-refractivity contribution >= 4 is 34.9 Å². The smallest absolute Gasteiger partial charge is 0.107 e. The van der Waals surface area contributed by atoms with Gasteiger partial charge in [0, 0.05) is 28.7 Å². The Kier molecular flexibility index (Phi) is 5.86. The first-order valence-electron chi connectivity index (χ1n) is 6.53. The molecular formula is C13H22N2S3. The fourth-order valence-corrected chi connectivity index (χ4v) is 6.10. The van der Waals surface area contributed by atoms with E-state index in [2.05, 4.69) is 42.7 Å². The second-order valence-corrected chi connectivity index (χ2v) is 8.56. The van der Waals surface area contributed by atoms with Crippen LogP contribution in [0.25, 0.3) is 0 Å². The summed E-state index contributed by atoms with van der Waals surface area (Å²) < 4.78 is 0. The lowest BCUT2D eigenvalue weighted by Crippen LogP contribution is -2.07. The molecule has 2 nitrogen and oxygen atoms in total. The summed E-state index contributed by atoms with van der Waals surface area (Å²) in [6.45, 7) is 5.50. The largest absolute Gasteiger partial charge is 0.315 e. The summed E-state index contributed by atoms with van der Waals surface area (Å²) in [5.74, 6) is 4.49. The van der Waals surface area contributed by atoms with Crippen molar-refractivity contribution in [1.29, 1.82) is 0 Å². The Bertz CT molecular complexity index is 370. The van der Waals surface area contributed by atoms with Crippen molar-refractivity contribution in [3.63, 3.8) is 0 Å². The van der Waals surface area contributed by atoms with Crippen LogP contribution in [0.1, 0.15) is 34.7 Å². The Labute approximate surface area is 123 Å². The summed E-state index contributed by atoms with van der Waals surface area (Å²) in [6.07, 6.45) is 1.11. The molecular weight excluding hydrogens is 280 g/mol. The molecule has 1 saturated heterocycles. The predicted molar refractivity (Wildman–Crippen MR) is 85.9 cm³/mol. The Hall–Kier alpha value is 0.290. The van der Waals surface area contributed by atoms with Crippen LogP contribution in [-0.2, 0) is 13.0 Å². The third kappa shape index (κ3) is 3.89. The minimum Gasteiger partial charge on any atom is -0.315 e. The third-order valence-corrected chi connectivity index (χ3v) is 6.95. The average molecular weight is 303 g/mol. The van der Waals surface area contributed by atoms with Crippen LogP contribution in [0.4, 0.5) is 0 Å². The molecule has 2 rings (SSSR count). The number of nitrogens with one attached hydrogen (secondary N) is 1. The number of hydrogen-bond donors (Lipinski definition) is 1. The van der Waals surface area contributed by atoms with E-state index >= 15 is 0 Å². The standard InChI is InChI=1S/C13H22N2S3/c1-9(2)6-10-11(7-14-3)18-13(15-10)12-8-16-4-5-17-12/h9,12,14H,4-8H2,1-3H3. The van der Waals surface area contributed by atoms with E-state index in [-0.39, 0.29) is 0 Å². The van der Waals surface area contributed by atoms with Gasteiger partial charge in [-0.2, -0.15) is 11.8 Å². The fourth-order valence-electron chi connectivity index (χ4n) is 2.02. The van der Waals surface area contributed by atoms with Crippen LogP contribution < -0.4 is 5.32 Å². The summed E-state index contributed by atoms with van der Waals surface area (Å²) in [6, 6.07) is 0. The first-order valence-corrected chi connectivity index (χ1v) is 9.55. The first kappa shape index (κ1) is 14.7. The van der Waals surface area contributed by atoms with E-state index in [1.807, 2.05) is 18.4 Å². The van der Waals surface area contributed by atoms with Gasteiger partial charge in [-0.3, -0.25) is 0 Å². The van der Waals surface area contributed by atoms with E-state index in [4.69, 9.17) is 4.98 Å². The molecule has 0 saturated carbocycles. The maximum Gasteiger partial charge on any atom is 0.107 e. The molecule has 18 heavy (non-hydrogen) atoms. The van der Waals surface area contributed by atoms with Gasteiger partial charge in [-0.15, -0.1) is 23.1 Å². The average Bonchev–Trinajstić information content (AvgIpc) is 2.73. The molecule has 0 amide bonds. The summed E-state index contributed by atoms with van der Waals surface area (Å²) in [7, 11) is 2.02. The quantitative estimate of drug-likeness (QED) is 0.898. The highest BCUT2D eigenvalue weighted by Crippen LogP contribution is 2.39. The molecule has 2 heterocycles. The highest BCUT2D eigenvalue weighted by Gasteiger charge is 2.22. The van der Waals surface area contributed by atoms with Crippen LogP contribution in [0.2, 0.25) is 0 Å². The van der Waals surface area contributed by atoms with Crippen molar-refractivity contribution in [3.05, 3.63) is 15.6 Å². The van der Waals surface area contributed by atoms with Gasteiger partial charge in [-0.1, -0.05) is 13.8 Å². The number of aromatic nitrogens is 1. The van der Waals surface area contributed by atoms with E-state index in [0.717, 1.165) is 13.0 Å². The van der Waals surface area contributed by atoms with E-state index in [1.165, 1.54) is 32.8 Å². The summed E-state index contributed by atoms with van der Waals surface area (Å²) >= 11 is 6.08. The number of thioether (sulfide) groups is 2. The maximum atomic E-state index is 4.94. The highest BCUT2D eigenvalue weighted by atomic mass is 32.2. The molecule has 5 heteroatoms. The molecule has 0 aliphatic carbocycles. The molecule has 1 aliphatic heterocycles. The highest BCUT2D eigenvalue weighted by molar-refractivity contribution is 8.06. The van der Waals surface area contributed by atoms with Gasteiger partial charge in [0.05, 0.1) is 10.9 Å². The number of nitrogens with zero attached hydrogens (tertiary/aromatic N) is 1. The zero-order valence-electron chi connectivity index (χ0n) is 11.4. The number of thiazole rings is 1. The van der Waals surface area contributed by atoms with Gasteiger partial charge in [0.25, 0.3) is 0 Å². The molecule has 1 aromatic heterocycles. The van der Waals surface area contributed by atoms with Gasteiger partial charge >= 0.3 is 0 Å². The van der Waals surface area contributed by atoms with Crippen LogP contribution in [0.5, 0.6) is 0 Å². The SMILES string of the molecule is CNCc1sc(C2CSCCS2)nc1CC(C)C. The summed E-state index contributed by atoms with van der Waals surface area (Å²) in [4.78, 5) is 6.38. The minimum absolute atomic E-state index is 0.630. The van der Waals surface area contributed by atoms with Crippen molar-refractivity contribution in [2.45, 2.75) is 32.1 Å². The van der Waals surface area contributed by atoms with Gasteiger partial charge in [-0.25, -0.2) is 4.98 Å². The van der Waals surface area contributed by atoms with Gasteiger partial charge in [0.15, 0.2) is 0 Å². The Morgan fingerprint density at radius 2 is 2.22 bits per heavy atom. The first-order chi connectivity index (χ1) is 8.70. The van der Waals surface area contributed by atoms with E-state index in [9.17, 15) is 0 Å². The molecule has 102 valence electrons. The molecule has 1 aromatic rings. The van der Waals surface area contributed by atoms with Crippen LogP contribution in [0, 0.1) is 5.92 Å². The molecule has 1 fully saturated rings. The second-order valence-electron chi connectivity index (χ2n) is 4.98. The number of rotatable bonds is 5. The Morgan fingerprint density at radius 1 is 1.39 bits per heavy atom. The fraction of sp³-hybridized carbons (Fsp3) is 0.769. The maximum absolute atomic E-state index is 4.94. The molecule has 0 bridgehead atoms. The van der Waals surface area contributed by atoms with Gasteiger partial charge in [-0.05, 0) is 19.4 Å². The zero-order valence-corrected chi connectivity index (χ0v) is 13.8. The van der Waals surface area contributed by atoms with Crippen LogP contribution in [0.3, 0.4) is 0 Å². The van der Waals surface area contributed by atoms with Crippen LogP contribution in [0.15, 0.2) is 0 Å². The topological polar surface area (TPSA) is 24.9 Å². The summed E-state index contributed by atoms with van der Waals surface area (Å²) in [5, 5.41) is 5.26. The van der Waals surface area contributed by atoms with Gasteiger partial charge in [0.1, 0.15) is 5.01 Å². The van der Waals surface area contributed by atoms with E-state index < -0.39 is 0 Å². The van der Waals surface area contributed by atoms with Crippen LogP contribution >= 0.6 is 34.9 Å². The zero-order chi connectivity index (χ0) is 13.0. The molecule has 1 N–H and O–H groups in total. The van der Waals surface area contributed by atoms with Crippen molar-refractivity contribution in [3.8, 4) is 0 Å². The Morgan fingerprint density at radius 3 is 2.83 bits per heavy atom. The molecule has 0 spiro atoms. The normalized spacial score (nSPS) is 20.6. The summed E-state index contributed by atoms with van der Waals surface area (Å²) in [5.41, 5.74) is 1.33. The molecule has 1 unspecified atom stereocenters. The molecule has 0 aromatic carbocycles. The lowest BCUT2D eigenvalue weighted by molar-refractivity contribution is 0.629. The van der Waals surface area contributed by atoms with Gasteiger partial charge < -0.3 is 5.32 Å². The Balaban J connectivity index is 2.14. The second kappa shape index (κ2) is 7.17. The van der Waals surface area contributed by atoms with Crippen molar-refractivity contribution in [2.75, 3.05) is 24.3 Å². The molecule has 1 atom stereocenters. The molecule has 1 aliphatic rings. The van der Waals surface area contributed by atoms with Crippen LogP contribution in [-0.4, -0.2) is 29.3 Å². The third-order valence-electron chi connectivity index (χ3n) is 2.83. The van der Waals surface area contributed by atoms with Crippen molar-refractivity contribution in [1.82, 2.24) is 10.3 Å². The lowest BCUT2D eigenvalue weighted by atomic mass is 10.1. The predicted octanol–water partition coefficient (Wildman–Crippen LogP) is 3.58. The van der Waals surface area contributed by atoms with Gasteiger partial charge in [0.2, 0.25) is 0 Å². The van der Waals surface area contributed by atoms with Crippen molar-refractivity contribution < 1.29 is 0 Å².